The maximum absolute atomic E-state index is 12.6. The van der Waals surface area contributed by atoms with Crippen molar-refractivity contribution in [3.63, 3.8) is 0 Å². The number of carbonyl (C=O) groups is 1. The molecule has 0 saturated carbocycles. The van der Waals surface area contributed by atoms with Gasteiger partial charge in [-0.25, -0.2) is 4.68 Å². The first-order valence-electron chi connectivity index (χ1n) is 9.79. The minimum Gasteiger partial charge on any atom is -0.317 e. The number of hydrogen-bond acceptors (Lipinski definition) is 5. The fourth-order valence-corrected chi connectivity index (χ4v) is 3.61. The van der Waals surface area contributed by atoms with Crippen molar-refractivity contribution in [1.82, 2.24) is 29.9 Å². The van der Waals surface area contributed by atoms with E-state index in [4.69, 9.17) is 0 Å². The molecular weight excluding hydrogens is 342 g/mol. The highest BCUT2D eigenvalue weighted by Crippen LogP contribution is 2.23. The lowest BCUT2D eigenvalue weighted by Crippen LogP contribution is -2.27. The van der Waals surface area contributed by atoms with Gasteiger partial charge >= 0.3 is 0 Å². The fourth-order valence-electron chi connectivity index (χ4n) is 3.61. The zero-order valence-corrected chi connectivity index (χ0v) is 17.0. The van der Waals surface area contributed by atoms with Gasteiger partial charge in [-0.2, -0.15) is 15.2 Å². The highest BCUT2D eigenvalue weighted by atomic mass is 16.1. The van der Waals surface area contributed by atoms with E-state index >= 15 is 0 Å². The normalized spacial score (nSPS) is 15.5. The van der Waals surface area contributed by atoms with Gasteiger partial charge in [-0.05, 0) is 45.7 Å². The van der Waals surface area contributed by atoms with Crippen LogP contribution in [-0.4, -0.2) is 43.5 Å². The maximum Gasteiger partial charge on any atom is 0.231 e. The molecule has 1 amide bonds. The lowest BCUT2D eigenvalue weighted by atomic mass is 9.98. The van der Waals surface area contributed by atoms with Crippen LogP contribution in [0.15, 0.2) is 0 Å². The molecule has 1 aliphatic rings. The molecule has 2 N–H and O–H groups in total. The van der Waals surface area contributed by atoms with Gasteiger partial charge in [-0.15, -0.1) is 0 Å². The zero-order valence-electron chi connectivity index (χ0n) is 17.0. The van der Waals surface area contributed by atoms with E-state index in [9.17, 15) is 4.79 Å². The highest BCUT2D eigenvalue weighted by molar-refractivity contribution is 5.91. The Bertz CT molecular complexity index is 799. The molecule has 0 aromatic carbocycles. The Morgan fingerprint density at radius 2 is 1.96 bits per heavy atom. The Morgan fingerprint density at radius 3 is 2.63 bits per heavy atom. The number of piperidine rings is 1. The Hall–Kier alpha value is -2.22. The summed E-state index contributed by atoms with van der Waals surface area (Å²) in [5.74, 6) is 2.13. The lowest BCUT2D eigenvalue weighted by molar-refractivity contribution is -0.115. The first-order chi connectivity index (χ1) is 12.8. The second kappa shape index (κ2) is 8.21. The number of rotatable bonds is 6. The summed E-state index contributed by atoms with van der Waals surface area (Å²) in [5, 5.41) is 15.4. The summed E-state index contributed by atoms with van der Waals surface area (Å²) in [6, 6.07) is 0. The van der Waals surface area contributed by atoms with Crippen molar-refractivity contribution in [2.75, 3.05) is 18.4 Å². The molecule has 8 nitrogen and oxygen atoms in total. The van der Waals surface area contributed by atoms with Crippen LogP contribution in [0.3, 0.4) is 0 Å². The maximum atomic E-state index is 12.6. The first kappa shape index (κ1) is 19.5. The molecule has 148 valence electrons. The summed E-state index contributed by atoms with van der Waals surface area (Å²) in [6.45, 7) is 11.2. The Morgan fingerprint density at radius 1 is 1.26 bits per heavy atom. The van der Waals surface area contributed by atoms with Gasteiger partial charge < -0.3 is 5.32 Å². The number of aryl methyl sites for hydroxylation is 2. The van der Waals surface area contributed by atoms with Gasteiger partial charge in [-0.1, -0.05) is 13.8 Å². The van der Waals surface area contributed by atoms with E-state index in [-0.39, 0.29) is 5.91 Å². The van der Waals surface area contributed by atoms with Gasteiger partial charge in [0.25, 0.3) is 0 Å². The summed E-state index contributed by atoms with van der Waals surface area (Å²) in [4.78, 5) is 17.2. The third kappa shape index (κ3) is 4.55. The largest absolute Gasteiger partial charge is 0.317 e. The Balaban J connectivity index is 1.68. The minimum absolute atomic E-state index is 0.0855. The van der Waals surface area contributed by atoms with Gasteiger partial charge in [0, 0.05) is 30.8 Å². The summed E-state index contributed by atoms with van der Waals surface area (Å²) in [5.41, 5.74) is 2.97. The van der Waals surface area contributed by atoms with Crippen molar-refractivity contribution < 1.29 is 4.79 Å². The van der Waals surface area contributed by atoms with Crippen molar-refractivity contribution in [1.29, 1.82) is 0 Å². The van der Waals surface area contributed by atoms with Crippen LogP contribution >= 0.6 is 0 Å². The molecule has 0 radical (unpaired) electrons. The Kier molecular flexibility index (Phi) is 5.94. The summed E-state index contributed by atoms with van der Waals surface area (Å²) >= 11 is 0. The number of amides is 1. The van der Waals surface area contributed by atoms with Crippen molar-refractivity contribution in [3.8, 4) is 0 Å². The molecule has 0 bridgehead atoms. The smallest absolute Gasteiger partial charge is 0.231 e. The summed E-state index contributed by atoms with van der Waals surface area (Å²) in [6.07, 6.45) is 2.36. The number of nitrogens with zero attached hydrogens (tertiary/aromatic N) is 5. The Labute approximate surface area is 160 Å². The topological polar surface area (TPSA) is 89.7 Å². The first-order valence-corrected chi connectivity index (χ1v) is 9.79. The number of anilines is 1. The summed E-state index contributed by atoms with van der Waals surface area (Å²) in [7, 11) is 1.82. The van der Waals surface area contributed by atoms with Crippen LogP contribution < -0.4 is 10.6 Å². The molecule has 27 heavy (non-hydrogen) atoms. The van der Waals surface area contributed by atoms with Gasteiger partial charge in [0.15, 0.2) is 5.82 Å². The molecule has 2 aromatic heterocycles. The van der Waals surface area contributed by atoms with Crippen molar-refractivity contribution >= 4 is 11.9 Å². The molecule has 0 atom stereocenters. The van der Waals surface area contributed by atoms with Gasteiger partial charge in [0.05, 0.1) is 12.1 Å². The van der Waals surface area contributed by atoms with E-state index in [2.05, 4.69) is 39.7 Å². The average molecular weight is 374 g/mol. The van der Waals surface area contributed by atoms with Gasteiger partial charge in [0.2, 0.25) is 11.9 Å². The molecule has 1 aliphatic heterocycles. The third-order valence-electron chi connectivity index (χ3n) is 5.14. The van der Waals surface area contributed by atoms with Crippen molar-refractivity contribution in [2.45, 2.75) is 59.4 Å². The predicted molar refractivity (Wildman–Crippen MR) is 105 cm³/mol. The second-order valence-electron chi connectivity index (χ2n) is 7.89. The van der Waals surface area contributed by atoms with Gasteiger partial charge in [-0.3, -0.25) is 14.8 Å². The molecule has 2 aromatic rings. The molecule has 0 aliphatic carbocycles. The van der Waals surface area contributed by atoms with E-state index in [1.807, 2.05) is 25.6 Å². The van der Waals surface area contributed by atoms with Crippen LogP contribution in [0.25, 0.3) is 0 Å². The highest BCUT2D eigenvalue weighted by Gasteiger charge is 2.22. The third-order valence-corrected chi connectivity index (χ3v) is 5.14. The molecular formula is C19H31N7O. The van der Waals surface area contributed by atoms with E-state index in [0.29, 0.717) is 24.2 Å². The van der Waals surface area contributed by atoms with E-state index < -0.39 is 0 Å². The van der Waals surface area contributed by atoms with Crippen LogP contribution in [0.2, 0.25) is 0 Å². The molecule has 1 saturated heterocycles. The number of hydrogen-bond donors (Lipinski definition) is 2. The molecule has 3 heterocycles. The molecule has 0 spiro atoms. The SMILES string of the molecule is Cc1nn(CC(C)C)c(C)c1CC(=O)Nc1nc(C2CCNCC2)nn1C. The summed E-state index contributed by atoms with van der Waals surface area (Å²) < 4.78 is 3.66. The standard InChI is InChI=1S/C19H31N7O/c1-12(2)11-26-14(4)16(13(3)23-26)10-17(27)21-19-22-18(24-25(19)5)15-6-8-20-9-7-15/h12,15,20H,6-11H2,1-5H3,(H,21,22,24,27). The van der Waals surface area contributed by atoms with Crippen LogP contribution in [0, 0.1) is 19.8 Å². The van der Waals surface area contributed by atoms with E-state index in [1.165, 1.54) is 0 Å². The zero-order chi connectivity index (χ0) is 19.6. The predicted octanol–water partition coefficient (Wildman–Crippen LogP) is 1.93. The van der Waals surface area contributed by atoms with Gasteiger partial charge in [0.1, 0.15) is 0 Å². The minimum atomic E-state index is -0.0855. The number of nitrogens with one attached hydrogen (secondary N) is 2. The second-order valence-corrected chi connectivity index (χ2v) is 7.89. The van der Waals surface area contributed by atoms with Crippen LogP contribution in [0.4, 0.5) is 5.95 Å². The molecule has 0 unspecified atom stereocenters. The van der Waals surface area contributed by atoms with E-state index in [0.717, 1.165) is 55.3 Å². The fraction of sp³-hybridized carbons (Fsp3) is 0.684. The van der Waals surface area contributed by atoms with Crippen LogP contribution in [0.5, 0.6) is 0 Å². The van der Waals surface area contributed by atoms with Crippen LogP contribution in [-0.2, 0) is 24.8 Å². The number of aromatic nitrogens is 5. The van der Waals surface area contributed by atoms with E-state index in [1.54, 1.807) is 4.68 Å². The lowest BCUT2D eigenvalue weighted by Gasteiger charge is -2.19. The molecule has 3 rings (SSSR count). The van der Waals surface area contributed by atoms with Crippen molar-refractivity contribution in [2.24, 2.45) is 13.0 Å². The molecule has 8 heteroatoms. The average Bonchev–Trinajstić information content (AvgIpc) is 3.10. The van der Waals surface area contributed by atoms with Crippen molar-refractivity contribution in [3.05, 3.63) is 22.8 Å². The number of carbonyl (C=O) groups excluding carboxylic acids is 1. The van der Waals surface area contributed by atoms with Crippen LogP contribution in [0.1, 0.15) is 55.4 Å². The quantitative estimate of drug-likeness (QED) is 0.808. The monoisotopic (exact) mass is 373 g/mol. The molecule has 1 fully saturated rings.